The minimum absolute atomic E-state index is 0.0972. The zero-order chi connectivity index (χ0) is 16.4. The van der Waals surface area contributed by atoms with Crippen LogP contribution in [0.5, 0.6) is 0 Å². The summed E-state index contributed by atoms with van der Waals surface area (Å²) in [7, 11) is -4.23. The Bertz CT molecular complexity index is 759. The van der Waals surface area contributed by atoms with Gasteiger partial charge >= 0.3 is 10.1 Å². The fraction of sp³-hybridized carbons (Fsp3) is 0.467. The van der Waals surface area contributed by atoms with E-state index in [0.717, 1.165) is 5.56 Å². The first-order valence-electron chi connectivity index (χ1n) is 7.43. The van der Waals surface area contributed by atoms with Crippen LogP contribution in [0.4, 0.5) is 0 Å². The van der Waals surface area contributed by atoms with Gasteiger partial charge in [0.15, 0.2) is 0 Å². The van der Waals surface area contributed by atoms with E-state index in [-0.39, 0.29) is 17.1 Å². The predicted octanol–water partition coefficient (Wildman–Crippen LogP) is 0.778. The van der Waals surface area contributed by atoms with E-state index >= 15 is 0 Å². The lowest BCUT2D eigenvalue weighted by atomic mass is 9.81. The quantitative estimate of drug-likeness (QED) is 0.757. The fourth-order valence-corrected chi connectivity index (χ4v) is 4.50. The van der Waals surface area contributed by atoms with Gasteiger partial charge in [-0.3, -0.25) is 9.59 Å². The molecule has 2 bridgehead atoms. The summed E-state index contributed by atoms with van der Waals surface area (Å²) in [6.45, 7) is 1.82. The average Bonchev–Trinajstić information content (AvgIpc) is 3.17. The Morgan fingerprint density at radius 1 is 1.04 bits per heavy atom. The zero-order valence-electron chi connectivity index (χ0n) is 12.3. The number of hydrogen-bond acceptors (Lipinski definition) is 6. The molecule has 0 N–H and O–H groups in total. The molecule has 2 amide bonds. The van der Waals surface area contributed by atoms with Crippen LogP contribution in [-0.2, 0) is 28.7 Å². The Kier molecular flexibility index (Phi) is 3.13. The van der Waals surface area contributed by atoms with Crippen molar-refractivity contribution in [1.29, 1.82) is 0 Å². The summed E-state index contributed by atoms with van der Waals surface area (Å²) in [4.78, 5) is 24.7. The SMILES string of the molecule is Cc1ccc(S(=O)(=O)ON2C(=O)[C@@H]3[C@H](C2=O)[C@H]2CC[C@H]3O2)cc1. The zero-order valence-corrected chi connectivity index (χ0v) is 13.2. The highest BCUT2D eigenvalue weighted by molar-refractivity contribution is 7.86. The molecule has 8 heteroatoms. The molecular formula is C15H15NO6S. The molecule has 0 aromatic heterocycles. The number of carbonyl (C=O) groups excluding carboxylic acids is 2. The molecule has 122 valence electrons. The van der Waals surface area contributed by atoms with E-state index in [1.807, 2.05) is 6.92 Å². The average molecular weight is 337 g/mol. The van der Waals surface area contributed by atoms with Crippen LogP contribution in [-0.4, -0.2) is 37.5 Å². The van der Waals surface area contributed by atoms with E-state index in [1.165, 1.54) is 12.1 Å². The molecule has 0 radical (unpaired) electrons. The smallest absolute Gasteiger partial charge is 0.318 e. The minimum Gasteiger partial charge on any atom is -0.373 e. The summed E-state index contributed by atoms with van der Waals surface area (Å²) in [5.74, 6) is -2.48. The fourth-order valence-electron chi connectivity index (χ4n) is 3.60. The van der Waals surface area contributed by atoms with Crippen molar-refractivity contribution in [3.05, 3.63) is 29.8 Å². The maximum atomic E-state index is 12.4. The Balaban J connectivity index is 1.61. The summed E-state index contributed by atoms with van der Waals surface area (Å²) in [6, 6.07) is 5.99. The predicted molar refractivity (Wildman–Crippen MR) is 76.2 cm³/mol. The number of benzene rings is 1. The number of carbonyl (C=O) groups is 2. The summed E-state index contributed by atoms with van der Waals surface area (Å²) in [5.41, 5.74) is 0.889. The van der Waals surface area contributed by atoms with Crippen molar-refractivity contribution in [2.45, 2.75) is 36.9 Å². The van der Waals surface area contributed by atoms with Crippen molar-refractivity contribution in [3.63, 3.8) is 0 Å². The molecule has 4 atom stereocenters. The first kappa shape index (κ1) is 14.8. The lowest BCUT2D eigenvalue weighted by molar-refractivity contribution is -0.168. The standard InChI is InChI=1S/C15H15NO6S/c1-8-2-4-9(5-3-8)23(19,20)22-16-14(17)12-10-6-7-11(21-10)13(12)15(16)18/h2-5,10-13H,6-7H2,1H3/t10-,11-,12-,13+/m1/s1. The van der Waals surface area contributed by atoms with Crippen LogP contribution in [0.1, 0.15) is 18.4 Å². The molecule has 1 aromatic carbocycles. The van der Waals surface area contributed by atoms with Crippen molar-refractivity contribution in [2.24, 2.45) is 11.8 Å². The summed E-state index contributed by atoms with van der Waals surface area (Å²) < 4.78 is 35.0. The van der Waals surface area contributed by atoms with E-state index in [1.54, 1.807) is 12.1 Å². The van der Waals surface area contributed by atoms with Crippen LogP contribution < -0.4 is 0 Å². The molecule has 3 aliphatic rings. The summed E-state index contributed by atoms with van der Waals surface area (Å²) >= 11 is 0. The first-order chi connectivity index (χ1) is 10.9. The number of fused-ring (bicyclic) bond motifs is 5. The monoisotopic (exact) mass is 337 g/mol. The Labute approximate surface area is 133 Å². The number of nitrogens with zero attached hydrogens (tertiary/aromatic N) is 1. The van der Waals surface area contributed by atoms with Gasteiger partial charge in [0, 0.05) is 0 Å². The molecule has 3 heterocycles. The van der Waals surface area contributed by atoms with Crippen LogP contribution in [0.25, 0.3) is 0 Å². The highest BCUT2D eigenvalue weighted by Crippen LogP contribution is 2.48. The molecule has 23 heavy (non-hydrogen) atoms. The molecule has 4 rings (SSSR count). The van der Waals surface area contributed by atoms with E-state index < -0.39 is 33.8 Å². The number of imide groups is 1. The summed E-state index contributed by atoms with van der Waals surface area (Å²) in [5, 5.41) is 0.415. The second-order valence-electron chi connectivity index (χ2n) is 6.15. The van der Waals surface area contributed by atoms with Crippen LogP contribution in [0.3, 0.4) is 0 Å². The second-order valence-corrected chi connectivity index (χ2v) is 7.68. The molecule has 0 unspecified atom stereocenters. The molecule has 0 aliphatic carbocycles. The second kappa shape index (κ2) is 4.86. The van der Waals surface area contributed by atoms with Gasteiger partial charge in [0.1, 0.15) is 0 Å². The number of rotatable bonds is 3. The number of aryl methyl sites for hydroxylation is 1. The van der Waals surface area contributed by atoms with Gasteiger partial charge in [-0.1, -0.05) is 17.7 Å². The van der Waals surface area contributed by atoms with Crippen molar-refractivity contribution in [3.8, 4) is 0 Å². The molecular weight excluding hydrogens is 322 g/mol. The highest BCUT2D eigenvalue weighted by atomic mass is 32.2. The van der Waals surface area contributed by atoms with Gasteiger partial charge in [-0.15, -0.1) is 9.35 Å². The molecule has 3 fully saturated rings. The van der Waals surface area contributed by atoms with Gasteiger partial charge in [0.05, 0.1) is 28.9 Å². The van der Waals surface area contributed by atoms with E-state index in [9.17, 15) is 18.0 Å². The van der Waals surface area contributed by atoms with Crippen molar-refractivity contribution >= 4 is 21.9 Å². The third kappa shape index (κ3) is 2.13. The van der Waals surface area contributed by atoms with Gasteiger partial charge in [0.25, 0.3) is 11.8 Å². The van der Waals surface area contributed by atoms with Crippen molar-refractivity contribution in [1.82, 2.24) is 5.06 Å². The Hall–Kier alpha value is -1.77. The minimum atomic E-state index is -4.23. The Morgan fingerprint density at radius 2 is 1.57 bits per heavy atom. The van der Waals surface area contributed by atoms with E-state index in [4.69, 9.17) is 9.02 Å². The Morgan fingerprint density at radius 3 is 2.09 bits per heavy atom. The van der Waals surface area contributed by atoms with Crippen molar-refractivity contribution < 1.29 is 27.0 Å². The van der Waals surface area contributed by atoms with Crippen LogP contribution >= 0.6 is 0 Å². The number of hydrogen-bond donors (Lipinski definition) is 0. The maximum Gasteiger partial charge on any atom is 0.318 e. The molecule has 0 saturated carbocycles. The maximum absolute atomic E-state index is 12.4. The van der Waals surface area contributed by atoms with E-state index in [0.29, 0.717) is 17.9 Å². The normalized spacial score (nSPS) is 32.7. The largest absolute Gasteiger partial charge is 0.373 e. The van der Waals surface area contributed by atoms with Crippen LogP contribution in [0.15, 0.2) is 29.2 Å². The lowest BCUT2D eigenvalue weighted by Gasteiger charge is -2.16. The first-order valence-corrected chi connectivity index (χ1v) is 8.84. The molecule has 1 aromatic rings. The topological polar surface area (TPSA) is 90.0 Å². The molecule has 7 nitrogen and oxygen atoms in total. The van der Waals surface area contributed by atoms with Gasteiger partial charge in [-0.05, 0) is 31.9 Å². The lowest BCUT2D eigenvalue weighted by Crippen LogP contribution is -2.36. The number of ether oxygens (including phenoxy) is 1. The van der Waals surface area contributed by atoms with Gasteiger partial charge < -0.3 is 4.74 Å². The third-order valence-electron chi connectivity index (χ3n) is 4.73. The molecule has 3 saturated heterocycles. The third-order valence-corrected chi connectivity index (χ3v) is 5.92. The molecule has 3 aliphatic heterocycles. The van der Waals surface area contributed by atoms with Gasteiger partial charge in [-0.25, -0.2) is 0 Å². The van der Waals surface area contributed by atoms with Gasteiger partial charge in [0.2, 0.25) is 0 Å². The van der Waals surface area contributed by atoms with Crippen molar-refractivity contribution in [2.75, 3.05) is 0 Å². The van der Waals surface area contributed by atoms with E-state index in [2.05, 4.69) is 0 Å². The van der Waals surface area contributed by atoms with Gasteiger partial charge in [-0.2, -0.15) is 8.42 Å². The summed E-state index contributed by atoms with van der Waals surface area (Å²) in [6.07, 6.45) is 0.807. The van der Waals surface area contributed by atoms with Crippen LogP contribution in [0, 0.1) is 18.8 Å². The number of hydroxylamine groups is 2. The highest BCUT2D eigenvalue weighted by Gasteiger charge is 2.63. The van der Waals surface area contributed by atoms with Crippen LogP contribution in [0.2, 0.25) is 0 Å². The number of amides is 2. The molecule has 0 spiro atoms.